The molecular weight excluding hydrogens is 286 g/mol. The van der Waals surface area contributed by atoms with Crippen molar-refractivity contribution in [3.8, 4) is 0 Å². The van der Waals surface area contributed by atoms with E-state index < -0.39 is 0 Å². The Morgan fingerprint density at radius 3 is 2.61 bits per heavy atom. The number of benzene rings is 2. The van der Waals surface area contributed by atoms with Crippen LogP contribution in [0, 0.1) is 6.92 Å². The fourth-order valence-electron chi connectivity index (χ4n) is 2.32. The van der Waals surface area contributed by atoms with Gasteiger partial charge in [0.25, 0.3) is 0 Å². The van der Waals surface area contributed by atoms with Crippen molar-refractivity contribution in [3.05, 3.63) is 59.7 Å². The van der Waals surface area contributed by atoms with Crippen LogP contribution in [0.1, 0.15) is 25.0 Å². The molecule has 0 atom stereocenters. The molecular formula is C19H25N3O. The van der Waals surface area contributed by atoms with Crippen LogP contribution in [0.2, 0.25) is 0 Å². The molecule has 2 rings (SSSR count). The zero-order chi connectivity index (χ0) is 16.7. The maximum Gasteiger partial charge on any atom is 0.116 e. The topological polar surface area (TPSA) is 36.9 Å². The summed E-state index contributed by atoms with van der Waals surface area (Å²) in [7, 11) is 1.96. The van der Waals surface area contributed by atoms with E-state index in [1.165, 1.54) is 5.56 Å². The van der Waals surface area contributed by atoms with E-state index >= 15 is 0 Å². The van der Waals surface area contributed by atoms with E-state index in [4.69, 9.17) is 9.84 Å². The summed E-state index contributed by atoms with van der Waals surface area (Å²) >= 11 is 0. The van der Waals surface area contributed by atoms with Gasteiger partial charge in [-0.2, -0.15) is 5.10 Å². The number of hydrogen-bond donors (Lipinski definition) is 1. The van der Waals surface area contributed by atoms with Gasteiger partial charge in [-0.15, -0.1) is 0 Å². The summed E-state index contributed by atoms with van der Waals surface area (Å²) < 4.78 is 5.39. The molecule has 2 aromatic carbocycles. The highest BCUT2D eigenvalue weighted by Gasteiger charge is 2.08. The Morgan fingerprint density at radius 2 is 1.91 bits per heavy atom. The number of para-hydroxylation sites is 1. The zero-order valence-corrected chi connectivity index (χ0v) is 14.3. The summed E-state index contributed by atoms with van der Waals surface area (Å²) in [4.78, 5) is 0. The lowest BCUT2D eigenvalue weighted by atomic mass is 10.1. The molecule has 0 unspecified atom stereocenters. The van der Waals surface area contributed by atoms with E-state index in [0.29, 0.717) is 13.3 Å². The fraction of sp³-hybridized carbons (Fsp3) is 0.316. The lowest BCUT2D eigenvalue weighted by Crippen LogP contribution is -2.14. The Morgan fingerprint density at radius 1 is 1.17 bits per heavy atom. The molecule has 23 heavy (non-hydrogen) atoms. The molecule has 0 saturated carbocycles. The van der Waals surface area contributed by atoms with Gasteiger partial charge < -0.3 is 10.1 Å². The fourth-order valence-corrected chi connectivity index (χ4v) is 2.32. The zero-order valence-electron chi connectivity index (χ0n) is 14.3. The Balaban J connectivity index is 2.24. The lowest BCUT2D eigenvalue weighted by molar-refractivity contribution is 0.167. The van der Waals surface area contributed by atoms with Crippen molar-refractivity contribution in [2.24, 2.45) is 5.10 Å². The minimum atomic E-state index is 0.494. The first-order chi connectivity index (χ1) is 11.1. The molecule has 0 saturated heterocycles. The molecule has 4 heteroatoms. The van der Waals surface area contributed by atoms with Crippen LogP contribution < -0.4 is 10.3 Å². The second-order valence-electron chi connectivity index (χ2n) is 5.41. The van der Waals surface area contributed by atoms with E-state index in [-0.39, 0.29) is 0 Å². The van der Waals surface area contributed by atoms with Gasteiger partial charge in [0.2, 0.25) is 0 Å². The second-order valence-corrected chi connectivity index (χ2v) is 5.41. The van der Waals surface area contributed by atoms with Gasteiger partial charge in [0.15, 0.2) is 0 Å². The Kier molecular flexibility index (Phi) is 6.18. The lowest BCUT2D eigenvalue weighted by Gasteiger charge is -2.17. The molecule has 1 N–H and O–H groups in total. The second kappa shape index (κ2) is 8.34. The van der Waals surface area contributed by atoms with Gasteiger partial charge in [-0.3, -0.25) is 5.01 Å². The van der Waals surface area contributed by atoms with E-state index in [1.54, 1.807) is 0 Å². The first-order valence-electron chi connectivity index (χ1n) is 7.88. The first-order valence-corrected chi connectivity index (χ1v) is 7.88. The third kappa shape index (κ3) is 4.83. The predicted molar refractivity (Wildman–Crippen MR) is 98.4 cm³/mol. The van der Waals surface area contributed by atoms with Crippen LogP contribution in [-0.2, 0) is 4.74 Å². The minimum Gasteiger partial charge on any atom is -0.362 e. The van der Waals surface area contributed by atoms with Gasteiger partial charge in [-0.05, 0) is 45.0 Å². The number of aryl methyl sites for hydroxylation is 1. The van der Waals surface area contributed by atoms with Crippen LogP contribution in [0.3, 0.4) is 0 Å². The maximum atomic E-state index is 5.39. The molecule has 0 aromatic heterocycles. The highest BCUT2D eigenvalue weighted by Crippen LogP contribution is 2.20. The van der Waals surface area contributed by atoms with Crippen molar-refractivity contribution in [1.82, 2.24) is 0 Å². The number of anilines is 2. The van der Waals surface area contributed by atoms with Crippen molar-refractivity contribution in [2.75, 3.05) is 30.7 Å². The summed E-state index contributed by atoms with van der Waals surface area (Å²) in [6.45, 7) is 7.29. The van der Waals surface area contributed by atoms with E-state index in [2.05, 4.69) is 30.4 Å². The minimum absolute atomic E-state index is 0.494. The molecule has 0 radical (unpaired) electrons. The largest absolute Gasteiger partial charge is 0.362 e. The standard InChI is InChI=1S/C19H25N3O/c1-5-23-14-20-19-12-11-15(2)13-18(19)16(3)21-22(4)17-9-7-6-8-10-17/h6-13,20H,5,14H2,1-4H3/b21-16+. The molecule has 0 aliphatic rings. The SMILES string of the molecule is CCOCNc1ccc(C)cc1/C(C)=N/N(C)c1ccccc1. The number of hydrazone groups is 1. The summed E-state index contributed by atoms with van der Waals surface area (Å²) in [5.41, 5.74) is 5.35. The Bertz CT molecular complexity index is 653. The predicted octanol–water partition coefficient (Wildman–Crippen LogP) is 4.26. The number of nitrogens with one attached hydrogen (secondary N) is 1. The van der Waals surface area contributed by atoms with E-state index in [9.17, 15) is 0 Å². The van der Waals surface area contributed by atoms with Crippen LogP contribution in [0.25, 0.3) is 0 Å². The smallest absolute Gasteiger partial charge is 0.116 e. The molecule has 0 fully saturated rings. The van der Waals surface area contributed by atoms with Gasteiger partial charge >= 0.3 is 0 Å². The summed E-state index contributed by atoms with van der Waals surface area (Å²) in [6.07, 6.45) is 0. The van der Waals surface area contributed by atoms with Gasteiger partial charge in [0.05, 0.1) is 11.4 Å². The molecule has 0 bridgehead atoms. The number of hydrogen-bond acceptors (Lipinski definition) is 4. The Hall–Kier alpha value is -2.33. The molecule has 122 valence electrons. The van der Waals surface area contributed by atoms with Crippen LogP contribution in [0.4, 0.5) is 11.4 Å². The van der Waals surface area contributed by atoms with Gasteiger partial charge in [0, 0.05) is 24.9 Å². The summed E-state index contributed by atoms with van der Waals surface area (Å²) in [5.74, 6) is 0. The monoisotopic (exact) mass is 311 g/mol. The molecule has 4 nitrogen and oxygen atoms in total. The average molecular weight is 311 g/mol. The van der Waals surface area contributed by atoms with E-state index in [0.717, 1.165) is 22.6 Å². The quantitative estimate of drug-likeness (QED) is 0.359. The Labute approximate surface area is 138 Å². The van der Waals surface area contributed by atoms with Crippen LogP contribution in [0.15, 0.2) is 53.6 Å². The maximum absolute atomic E-state index is 5.39. The molecule has 0 spiro atoms. The van der Waals surface area contributed by atoms with Crippen LogP contribution >= 0.6 is 0 Å². The average Bonchev–Trinajstić information content (AvgIpc) is 2.57. The van der Waals surface area contributed by atoms with E-state index in [1.807, 2.05) is 56.2 Å². The van der Waals surface area contributed by atoms with Crippen molar-refractivity contribution < 1.29 is 4.74 Å². The van der Waals surface area contributed by atoms with Crippen molar-refractivity contribution >= 4 is 17.1 Å². The van der Waals surface area contributed by atoms with Crippen molar-refractivity contribution in [1.29, 1.82) is 0 Å². The third-order valence-electron chi connectivity index (χ3n) is 3.56. The third-order valence-corrected chi connectivity index (χ3v) is 3.56. The normalized spacial score (nSPS) is 11.4. The highest BCUT2D eigenvalue weighted by molar-refractivity contribution is 6.04. The highest BCUT2D eigenvalue weighted by atomic mass is 16.5. The molecule has 0 aliphatic heterocycles. The molecule has 0 heterocycles. The van der Waals surface area contributed by atoms with Gasteiger partial charge in [-0.1, -0.05) is 29.8 Å². The van der Waals surface area contributed by atoms with Crippen molar-refractivity contribution in [3.63, 3.8) is 0 Å². The van der Waals surface area contributed by atoms with Crippen LogP contribution in [-0.4, -0.2) is 26.1 Å². The molecule has 0 aliphatic carbocycles. The summed E-state index contributed by atoms with van der Waals surface area (Å²) in [6, 6.07) is 16.4. The van der Waals surface area contributed by atoms with Gasteiger partial charge in [-0.25, -0.2) is 0 Å². The van der Waals surface area contributed by atoms with Gasteiger partial charge in [0.1, 0.15) is 6.73 Å². The molecule has 2 aromatic rings. The summed E-state index contributed by atoms with van der Waals surface area (Å²) in [5, 5.41) is 9.92. The number of ether oxygens (including phenoxy) is 1. The number of rotatable bonds is 7. The van der Waals surface area contributed by atoms with Crippen LogP contribution in [0.5, 0.6) is 0 Å². The van der Waals surface area contributed by atoms with Crippen molar-refractivity contribution in [2.45, 2.75) is 20.8 Å². The number of nitrogens with zero attached hydrogens (tertiary/aromatic N) is 2. The molecule has 0 amide bonds. The first kappa shape index (κ1) is 17.0.